The SMILES string of the molecule is O=C(O)[C@]1(F)OC(F)(F)C(F)(F)C(F)(F)C1(F)F. The molecule has 1 saturated heterocycles. The monoisotopic (exact) mass is 292 g/mol. The molecule has 1 N–H and O–H groups in total. The first-order valence-electron chi connectivity index (χ1n) is 3.79. The van der Waals surface area contributed by atoms with Crippen molar-refractivity contribution in [2.45, 2.75) is 29.7 Å². The smallest absolute Gasteiger partial charge is 0.429 e. The second kappa shape index (κ2) is 3.22. The number of carboxylic acids is 1. The molecule has 0 aliphatic carbocycles. The third-order valence-corrected chi connectivity index (χ3v) is 2.10. The van der Waals surface area contributed by atoms with E-state index in [1.165, 1.54) is 0 Å². The third kappa shape index (κ3) is 1.29. The number of aliphatic carboxylic acids is 1. The molecule has 0 aromatic carbocycles. The predicted molar refractivity (Wildman–Crippen MR) is 32.3 cm³/mol. The molecule has 0 spiro atoms. The number of hydrogen-bond acceptors (Lipinski definition) is 2. The van der Waals surface area contributed by atoms with Gasteiger partial charge >= 0.3 is 35.7 Å². The average Bonchev–Trinajstić information content (AvgIpc) is 2.13. The number of carboxylic acid groups (broad SMARTS) is 1. The Balaban J connectivity index is 3.57. The van der Waals surface area contributed by atoms with Gasteiger partial charge in [-0.1, -0.05) is 0 Å². The highest BCUT2D eigenvalue weighted by Gasteiger charge is 2.94. The number of carbonyl (C=O) groups is 1. The van der Waals surface area contributed by atoms with Crippen LogP contribution in [0.15, 0.2) is 0 Å². The zero-order valence-corrected chi connectivity index (χ0v) is 7.67. The summed E-state index contributed by atoms with van der Waals surface area (Å²) in [6.07, 6.45) is -6.44. The van der Waals surface area contributed by atoms with Crippen molar-refractivity contribution in [3.63, 3.8) is 0 Å². The van der Waals surface area contributed by atoms with Crippen LogP contribution >= 0.6 is 0 Å². The van der Waals surface area contributed by atoms with Gasteiger partial charge in [-0.05, 0) is 0 Å². The molecule has 106 valence electrons. The fourth-order valence-corrected chi connectivity index (χ4v) is 1.06. The van der Waals surface area contributed by atoms with Gasteiger partial charge in [-0.2, -0.15) is 39.5 Å². The number of ether oxygens (including phenoxy) is 1. The van der Waals surface area contributed by atoms with Crippen LogP contribution in [0, 0.1) is 0 Å². The first kappa shape index (κ1) is 14.9. The van der Waals surface area contributed by atoms with E-state index in [4.69, 9.17) is 5.11 Å². The number of rotatable bonds is 1. The molecular weight excluding hydrogens is 291 g/mol. The molecule has 12 heteroatoms. The maximum Gasteiger partial charge on any atom is 0.429 e. The molecule has 1 atom stereocenters. The largest absolute Gasteiger partial charge is 0.477 e. The van der Waals surface area contributed by atoms with Gasteiger partial charge in [0.1, 0.15) is 0 Å². The molecule has 1 aliphatic rings. The fourth-order valence-electron chi connectivity index (χ4n) is 1.06. The van der Waals surface area contributed by atoms with Crippen molar-refractivity contribution in [1.82, 2.24) is 0 Å². The Morgan fingerprint density at radius 1 is 0.778 bits per heavy atom. The van der Waals surface area contributed by atoms with Crippen LogP contribution in [0.4, 0.5) is 39.5 Å². The normalized spacial score (nSPS) is 36.1. The Hall–Kier alpha value is -1.20. The summed E-state index contributed by atoms with van der Waals surface area (Å²) < 4.78 is 115. The Bertz CT molecular complexity index is 392. The van der Waals surface area contributed by atoms with Gasteiger partial charge in [-0.3, -0.25) is 4.74 Å². The maximum absolute atomic E-state index is 12.9. The Labute approximate surface area is 91.1 Å². The summed E-state index contributed by atoms with van der Waals surface area (Å²) in [4.78, 5) is 9.99. The molecule has 0 amide bonds. The molecule has 1 heterocycles. The topological polar surface area (TPSA) is 46.5 Å². The maximum atomic E-state index is 12.9. The second-order valence-corrected chi connectivity index (χ2v) is 3.24. The van der Waals surface area contributed by atoms with E-state index >= 15 is 0 Å². The van der Waals surface area contributed by atoms with Crippen LogP contribution in [-0.2, 0) is 9.53 Å². The van der Waals surface area contributed by atoms with Crippen molar-refractivity contribution in [2.24, 2.45) is 0 Å². The van der Waals surface area contributed by atoms with Crippen molar-refractivity contribution in [3.8, 4) is 0 Å². The van der Waals surface area contributed by atoms with E-state index in [1.54, 1.807) is 0 Å². The van der Waals surface area contributed by atoms with Crippen molar-refractivity contribution < 1.29 is 54.2 Å². The van der Waals surface area contributed by atoms with Gasteiger partial charge in [0, 0.05) is 0 Å². The van der Waals surface area contributed by atoms with Crippen LogP contribution < -0.4 is 0 Å². The van der Waals surface area contributed by atoms with Crippen molar-refractivity contribution in [2.75, 3.05) is 0 Å². The molecule has 1 rings (SSSR count). The number of alkyl halides is 9. The first-order valence-corrected chi connectivity index (χ1v) is 3.79. The van der Waals surface area contributed by atoms with Crippen molar-refractivity contribution in [1.29, 1.82) is 0 Å². The average molecular weight is 292 g/mol. The minimum Gasteiger partial charge on any atom is -0.477 e. The lowest BCUT2D eigenvalue weighted by molar-refractivity contribution is -0.525. The minimum atomic E-state index is -6.98. The molecule has 0 unspecified atom stereocenters. The fraction of sp³-hybridized carbons (Fsp3) is 0.833. The summed E-state index contributed by atoms with van der Waals surface area (Å²) in [6.45, 7) is 0. The zero-order chi connectivity index (χ0) is 14.8. The highest BCUT2D eigenvalue weighted by atomic mass is 19.4. The summed E-state index contributed by atoms with van der Waals surface area (Å²) in [5, 5.41) is 7.88. The van der Waals surface area contributed by atoms with Crippen LogP contribution in [-0.4, -0.2) is 40.8 Å². The van der Waals surface area contributed by atoms with E-state index < -0.39 is 35.7 Å². The second-order valence-electron chi connectivity index (χ2n) is 3.24. The molecule has 3 nitrogen and oxygen atoms in total. The van der Waals surface area contributed by atoms with Gasteiger partial charge < -0.3 is 5.11 Å². The highest BCUT2D eigenvalue weighted by molar-refractivity contribution is 5.77. The van der Waals surface area contributed by atoms with Gasteiger partial charge in [0.05, 0.1) is 0 Å². The molecule has 0 radical (unpaired) electrons. The summed E-state index contributed by atoms with van der Waals surface area (Å²) >= 11 is 0. The summed E-state index contributed by atoms with van der Waals surface area (Å²) in [5.74, 6) is -30.1. The summed E-state index contributed by atoms with van der Waals surface area (Å²) in [6, 6.07) is 0. The Morgan fingerprint density at radius 2 is 1.17 bits per heavy atom. The van der Waals surface area contributed by atoms with Crippen molar-refractivity contribution >= 4 is 5.97 Å². The van der Waals surface area contributed by atoms with Crippen LogP contribution in [0.3, 0.4) is 0 Å². The summed E-state index contributed by atoms with van der Waals surface area (Å²) in [7, 11) is 0. The minimum absolute atomic E-state index is 2.11. The van der Waals surface area contributed by atoms with Crippen LogP contribution in [0.5, 0.6) is 0 Å². The Morgan fingerprint density at radius 3 is 1.50 bits per heavy atom. The lowest BCUT2D eigenvalue weighted by Crippen LogP contribution is -2.77. The van der Waals surface area contributed by atoms with Gasteiger partial charge in [0.25, 0.3) is 0 Å². The van der Waals surface area contributed by atoms with Gasteiger partial charge in [0.2, 0.25) is 0 Å². The van der Waals surface area contributed by atoms with E-state index in [2.05, 4.69) is 4.74 Å². The molecule has 1 aliphatic heterocycles. The van der Waals surface area contributed by atoms with Gasteiger partial charge in [-0.15, -0.1) is 0 Å². The summed E-state index contributed by atoms with van der Waals surface area (Å²) in [5.41, 5.74) is 0. The standard InChI is InChI=1S/C6HF9O3/c7-2(1(16)17)3(8,9)4(10,11)5(12,13)6(14,15)18-2/h(H,16,17)/t2-/m0/s1. The Kier molecular flexibility index (Phi) is 2.66. The third-order valence-electron chi connectivity index (χ3n) is 2.10. The van der Waals surface area contributed by atoms with Crippen LogP contribution in [0.2, 0.25) is 0 Å². The molecule has 0 aromatic heterocycles. The molecule has 1 fully saturated rings. The molecule has 0 aromatic rings. The van der Waals surface area contributed by atoms with Crippen LogP contribution in [0.25, 0.3) is 0 Å². The lowest BCUT2D eigenvalue weighted by atomic mass is 9.93. The highest BCUT2D eigenvalue weighted by Crippen LogP contribution is 2.62. The van der Waals surface area contributed by atoms with E-state index in [1.807, 2.05) is 0 Å². The first-order chi connectivity index (χ1) is 7.65. The quantitative estimate of drug-likeness (QED) is 0.754. The molecule has 0 saturated carbocycles. The lowest BCUT2D eigenvalue weighted by Gasteiger charge is -2.46. The number of hydrogen-bond donors (Lipinski definition) is 1. The van der Waals surface area contributed by atoms with E-state index in [0.29, 0.717) is 0 Å². The zero-order valence-electron chi connectivity index (χ0n) is 7.67. The van der Waals surface area contributed by atoms with Gasteiger partial charge in [-0.25, -0.2) is 4.79 Å². The molecule has 18 heavy (non-hydrogen) atoms. The number of halogens is 9. The van der Waals surface area contributed by atoms with E-state index in [0.717, 1.165) is 0 Å². The molecule has 0 bridgehead atoms. The van der Waals surface area contributed by atoms with E-state index in [9.17, 15) is 44.3 Å². The van der Waals surface area contributed by atoms with E-state index in [-0.39, 0.29) is 0 Å². The van der Waals surface area contributed by atoms with Crippen molar-refractivity contribution in [3.05, 3.63) is 0 Å². The van der Waals surface area contributed by atoms with Crippen LogP contribution in [0.1, 0.15) is 0 Å². The molecular formula is C6HF9O3. The van der Waals surface area contributed by atoms with Gasteiger partial charge in [0.15, 0.2) is 0 Å². The predicted octanol–water partition coefficient (Wildman–Crippen LogP) is 2.27.